The Morgan fingerprint density at radius 2 is 2.05 bits per heavy atom. The molecule has 2 aliphatic rings. The maximum Gasteiger partial charge on any atom is 0.306 e. The summed E-state index contributed by atoms with van der Waals surface area (Å²) in [6.45, 7) is 3.70. The Morgan fingerprint density at radius 3 is 2.73 bits per heavy atom. The minimum absolute atomic E-state index is 0.0194. The van der Waals surface area contributed by atoms with Crippen molar-refractivity contribution in [3.8, 4) is 0 Å². The molecule has 1 N–H and O–H groups in total. The van der Waals surface area contributed by atoms with Crippen molar-refractivity contribution in [2.24, 2.45) is 0 Å². The normalized spacial score (nSPS) is 25.2. The number of fused-ring (bicyclic) bond motifs is 1. The summed E-state index contributed by atoms with van der Waals surface area (Å²) in [5.74, 6) is -0.330. The third-order valence-corrected chi connectivity index (χ3v) is 4.85. The number of amides is 1. The standard InChI is InChI=1S/C17H22N2O3/c1-17(11-15(20)22-2)13-5-3-4-6-14(13)19(16(17)21)12-7-9-18-10-8-12/h3-6,12,18H,7-11H2,1-2H3. The summed E-state index contributed by atoms with van der Waals surface area (Å²) in [7, 11) is 1.36. The second kappa shape index (κ2) is 5.72. The summed E-state index contributed by atoms with van der Waals surface area (Å²) in [5, 5.41) is 3.33. The van der Waals surface area contributed by atoms with Crippen LogP contribution in [0.5, 0.6) is 0 Å². The Morgan fingerprint density at radius 1 is 1.36 bits per heavy atom. The molecule has 0 bridgehead atoms. The topological polar surface area (TPSA) is 58.6 Å². The first kappa shape index (κ1) is 15.0. The molecule has 0 spiro atoms. The molecular formula is C17H22N2O3. The van der Waals surface area contributed by atoms with Gasteiger partial charge in [-0.1, -0.05) is 18.2 Å². The van der Waals surface area contributed by atoms with Gasteiger partial charge < -0.3 is 15.0 Å². The lowest BCUT2D eigenvalue weighted by Gasteiger charge is -2.33. The number of nitrogens with one attached hydrogen (secondary N) is 1. The average Bonchev–Trinajstić information content (AvgIpc) is 2.77. The van der Waals surface area contributed by atoms with E-state index in [9.17, 15) is 9.59 Å². The van der Waals surface area contributed by atoms with E-state index in [2.05, 4.69) is 5.32 Å². The lowest BCUT2D eigenvalue weighted by molar-refractivity contribution is -0.144. The van der Waals surface area contributed by atoms with Gasteiger partial charge in [-0.25, -0.2) is 0 Å². The molecule has 1 fully saturated rings. The molecule has 5 heteroatoms. The minimum Gasteiger partial charge on any atom is -0.469 e. The number of hydrogen-bond acceptors (Lipinski definition) is 4. The highest BCUT2D eigenvalue weighted by atomic mass is 16.5. The summed E-state index contributed by atoms with van der Waals surface area (Å²) in [5.41, 5.74) is 1.06. The number of anilines is 1. The summed E-state index contributed by atoms with van der Waals surface area (Å²) >= 11 is 0. The van der Waals surface area contributed by atoms with Crippen LogP contribution in [0, 0.1) is 0 Å². The molecule has 1 amide bonds. The fourth-order valence-electron chi connectivity index (χ4n) is 3.60. The Balaban J connectivity index is 2.00. The second-order valence-corrected chi connectivity index (χ2v) is 6.26. The van der Waals surface area contributed by atoms with E-state index >= 15 is 0 Å². The van der Waals surface area contributed by atoms with Gasteiger partial charge in [-0.05, 0) is 44.5 Å². The number of nitrogens with zero attached hydrogens (tertiary/aromatic N) is 1. The van der Waals surface area contributed by atoms with Crippen molar-refractivity contribution >= 4 is 17.6 Å². The monoisotopic (exact) mass is 302 g/mol. The van der Waals surface area contributed by atoms with Crippen LogP contribution < -0.4 is 10.2 Å². The summed E-state index contributed by atoms with van der Waals surface area (Å²) in [6.07, 6.45) is 1.96. The Hall–Kier alpha value is -1.88. The number of para-hydroxylation sites is 1. The van der Waals surface area contributed by atoms with Crippen molar-refractivity contribution in [3.05, 3.63) is 29.8 Å². The van der Waals surface area contributed by atoms with Crippen LogP contribution in [-0.4, -0.2) is 38.1 Å². The van der Waals surface area contributed by atoms with Crippen molar-refractivity contribution in [1.29, 1.82) is 0 Å². The van der Waals surface area contributed by atoms with Crippen LogP contribution in [0.1, 0.15) is 31.7 Å². The number of benzene rings is 1. The highest BCUT2D eigenvalue weighted by molar-refractivity contribution is 6.09. The summed E-state index contributed by atoms with van der Waals surface area (Å²) < 4.78 is 4.80. The van der Waals surface area contributed by atoms with Gasteiger partial charge in [0.15, 0.2) is 0 Å². The first-order valence-electron chi connectivity index (χ1n) is 7.78. The zero-order valence-electron chi connectivity index (χ0n) is 13.1. The molecule has 5 nitrogen and oxygen atoms in total. The third kappa shape index (κ3) is 2.29. The first-order chi connectivity index (χ1) is 10.6. The number of esters is 1. The van der Waals surface area contributed by atoms with Gasteiger partial charge in [0.05, 0.1) is 18.9 Å². The number of carbonyl (C=O) groups is 2. The Bertz CT molecular complexity index is 595. The van der Waals surface area contributed by atoms with E-state index < -0.39 is 5.41 Å². The van der Waals surface area contributed by atoms with Crippen LogP contribution in [0.4, 0.5) is 5.69 Å². The van der Waals surface area contributed by atoms with Crippen LogP contribution in [0.2, 0.25) is 0 Å². The van der Waals surface area contributed by atoms with Crippen LogP contribution in [0.25, 0.3) is 0 Å². The fraction of sp³-hybridized carbons (Fsp3) is 0.529. The second-order valence-electron chi connectivity index (χ2n) is 6.26. The highest BCUT2D eigenvalue weighted by Gasteiger charge is 2.50. The molecule has 0 saturated carbocycles. The summed E-state index contributed by atoms with van der Waals surface area (Å²) in [6, 6.07) is 8.02. The SMILES string of the molecule is COC(=O)CC1(C)C(=O)N(C2CCNCC2)c2ccccc21. The van der Waals surface area contributed by atoms with Crippen molar-refractivity contribution in [2.45, 2.75) is 37.6 Å². The lowest BCUT2D eigenvalue weighted by Crippen LogP contribution is -2.48. The van der Waals surface area contributed by atoms with Crippen molar-refractivity contribution in [3.63, 3.8) is 0 Å². The third-order valence-electron chi connectivity index (χ3n) is 4.85. The number of hydrogen-bond donors (Lipinski definition) is 1. The van der Waals surface area contributed by atoms with Gasteiger partial charge in [0, 0.05) is 11.7 Å². The van der Waals surface area contributed by atoms with Gasteiger partial charge in [0.1, 0.15) is 0 Å². The van der Waals surface area contributed by atoms with Crippen LogP contribution in [-0.2, 0) is 19.7 Å². The Kier molecular flexibility index (Phi) is 3.91. The molecule has 1 aromatic carbocycles. The molecule has 22 heavy (non-hydrogen) atoms. The van der Waals surface area contributed by atoms with E-state index in [1.807, 2.05) is 36.1 Å². The van der Waals surface area contributed by atoms with Gasteiger partial charge >= 0.3 is 5.97 Å². The van der Waals surface area contributed by atoms with Gasteiger partial charge in [-0.3, -0.25) is 9.59 Å². The predicted molar refractivity (Wildman–Crippen MR) is 83.8 cm³/mol. The number of piperidine rings is 1. The molecule has 0 aromatic heterocycles. The minimum atomic E-state index is -0.825. The average molecular weight is 302 g/mol. The molecule has 118 valence electrons. The molecule has 2 aliphatic heterocycles. The maximum absolute atomic E-state index is 13.1. The van der Waals surface area contributed by atoms with Gasteiger partial charge in [0.2, 0.25) is 5.91 Å². The number of ether oxygens (including phenoxy) is 1. The molecule has 0 aliphatic carbocycles. The quantitative estimate of drug-likeness (QED) is 0.862. The highest BCUT2D eigenvalue weighted by Crippen LogP contribution is 2.45. The predicted octanol–water partition coefficient (Wildman–Crippen LogP) is 1.61. The van der Waals surface area contributed by atoms with E-state index in [0.29, 0.717) is 0 Å². The number of carbonyl (C=O) groups excluding carboxylic acids is 2. The molecule has 1 atom stereocenters. The first-order valence-corrected chi connectivity index (χ1v) is 7.78. The molecule has 0 radical (unpaired) electrons. The zero-order chi connectivity index (χ0) is 15.7. The maximum atomic E-state index is 13.1. The largest absolute Gasteiger partial charge is 0.469 e. The summed E-state index contributed by atoms with van der Waals surface area (Å²) in [4.78, 5) is 26.9. The van der Waals surface area contributed by atoms with E-state index in [4.69, 9.17) is 4.74 Å². The molecule has 2 heterocycles. The van der Waals surface area contributed by atoms with Gasteiger partial charge in [0.25, 0.3) is 0 Å². The van der Waals surface area contributed by atoms with Crippen molar-refractivity contribution in [2.75, 3.05) is 25.1 Å². The van der Waals surface area contributed by atoms with E-state index in [1.165, 1.54) is 7.11 Å². The smallest absolute Gasteiger partial charge is 0.306 e. The van der Waals surface area contributed by atoms with E-state index in [0.717, 1.165) is 37.2 Å². The molecule has 1 saturated heterocycles. The lowest BCUT2D eigenvalue weighted by atomic mass is 9.80. The van der Waals surface area contributed by atoms with E-state index in [1.54, 1.807) is 0 Å². The van der Waals surface area contributed by atoms with Crippen LogP contribution >= 0.6 is 0 Å². The Labute approximate surface area is 130 Å². The number of rotatable bonds is 3. The van der Waals surface area contributed by atoms with Crippen LogP contribution in [0.15, 0.2) is 24.3 Å². The molecule has 1 aromatic rings. The fourth-order valence-corrected chi connectivity index (χ4v) is 3.60. The van der Waals surface area contributed by atoms with E-state index in [-0.39, 0.29) is 24.3 Å². The van der Waals surface area contributed by atoms with Crippen molar-refractivity contribution < 1.29 is 14.3 Å². The van der Waals surface area contributed by atoms with Gasteiger partial charge in [-0.2, -0.15) is 0 Å². The van der Waals surface area contributed by atoms with Crippen molar-refractivity contribution in [1.82, 2.24) is 5.32 Å². The number of methoxy groups -OCH3 is 1. The molecular weight excluding hydrogens is 280 g/mol. The molecule has 3 rings (SSSR count). The zero-order valence-corrected chi connectivity index (χ0v) is 13.1. The molecule has 1 unspecified atom stereocenters. The van der Waals surface area contributed by atoms with Crippen LogP contribution in [0.3, 0.4) is 0 Å². The van der Waals surface area contributed by atoms with Gasteiger partial charge in [-0.15, -0.1) is 0 Å².